The van der Waals surface area contributed by atoms with Crippen LogP contribution in [-0.4, -0.2) is 18.0 Å². The quantitative estimate of drug-likeness (QED) is 0.510. The molecule has 0 spiro atoms. The van der Waals surface area contributed by atoms with Crippen molar-refractivity contribution in [3.8, 4) is 5.75 Å². The van der Waals surface area contributed by atoms with Crippen LogP contribution in [0.25, 0.3) is 0 Å². The van der Waals surface area contributed by atoms with Crippen molar-refractivity contribution in [3.63, 3.8) is 0 Å². The molecule has 5 nitrogen and oxygen atoms in total. The zero-order valence-corrected chi connectivity index (χ0v) is 16.5. The molecule has 0 aliphatic heterocycles. The van der Waals surface area contributed by atoms with E-state index >= 15 is 0 Å². The summed E-state index contributed by atoms with van der Waals surface area (Å²) >= 11 is 2.10. The van der Waals surface area contributed by atoms with Gasteiger partial charge < -0.3 is 9.47 Å². The van der Waals surface area contributed by atoms with Gasteiger partial charge in [0.25, 0.3) is 0 Å². The first-order valence-corrected chi connectivity index (χ1v) is 8.81. The van der Waals surface area contributed by atoms with Gasteiger partial charge in [0.05, 0.1) is 0 Å². The lowest BCUT2D eigenvalue weighted by atomic mass is 10.2. The van der Waals surface area contributed by atoms with Crippen LogP contribution in [0.4, 0.5) is 10.5 Å². The van der Waals surface area contributed by atoms with Gasteiger partial charge in [-0.3, -0.25) is 10.1 Å². The van der Waals surface area contributed by atoms with E-state index in [1.54, 1.807) is 12.1 Å². The van der Waals surface area contributed by atoms with Crippen molar-refractivity contribution in [2.45, 2.75) is 33.0 Å². The average Bonchev–Trinajstić information content (AvgIpc) is 2.52. The number of rotatable bonds is 5. The lowest BCUT2D eigenvalue weighted by molar-refractivity contribution is 0.0636. The minimum Gasteiger partial charge on any atom is -0.489 e. The molecule has 0 aliphatic rings. The number of aldehydes is 1. The Morgan fingerprint density at radius 3 is 2.64 bits per heavy atom. The van der Waals surface area contributed by atoms with E-state index in [0.29, 0.717) is 23.6 Å². The van der Waals surface area contributed by atoms with E-state index < -0.39 is 11.7 Å². The number of hydrogen-bond acceptors (Lipinski definition) is 4. The third kappa shape index (κ3) is 6.38. The fourth-order valence-corrected chi connectivity index (χ4v) is 2.49. The highest BCUT2D eigenvalue weighted by atomic mass is 127. The van der Waals surface area contributed by atoms with Crippen molar-refractivity contribution in [2.75, 3.05) is 5.32 Å². The molecular weight excluding hydrogens is 433 g/mol. The number of halogens is 1. The Hall–Kier alpha value is -2.09. The molecule has 2 rings (SSSR count). The standard InChI is InChI=1S/C19H20INO4/c1-19(2,3)25-18(23)21-15-6-4-5-13(9-15)12-24-16-7-8-17(20)14(10-16)11-22/h4-11H,12H2,1-3H3,(H,21,23). The predicted octanol–water partition coefficient (Wildman–Crippen LogP) is 5.03. The fraction of sp³-hybridized carbons (Fsp3) is 0.263. The van der Waals surface area contributed by atoms with Crippen molar-refractivity contribution >= 4 is 40.7 Å². The van der Waals surface area contributed by atoms with E-state index in [9.17, 15) is 9.59 Å². The summed E-state index contributed by atoms with van der Waals surface area (Å²) in [6, 6.07) is 12.7. The number of anilines is 1. The Morgan fingerprint density at radius 1 is 1.20 bits per heavy atom. The SMILES string of the molecule is CC(C)(C)OC(=O)Nc1cccc(COc2ccc(I)c(C=O)c2)c1. The van der Waals surface area contributed by atoms with Crippen LogP contribution in [0.5, 0.6) is 5.75 Å². The van der Waals surface area contributed by atoms with Gasteiger partial charge >= 0.3 is 6.09 Å². The molecular formula is C19H20INO4. The first-order chi connectivity index (χ1) is 11.8. The van der Waals surface area contributed by atoms with Gasteiger partial charge in [0.1, 0.15) is 18.0 Å². The van der Waals surface area contributed by atoms with Crippen molar-refractivity contribution in [3.05, 3.63) is 57.2 Å². The number of ether oxygens (including phenoxy) is 2. The van der Waals surface area contributed by atoms with Crippen LogP contribution < -0.4 is 10.1 Å². The average molecular weight is 453 g/mol. The molecule has 0 heterocycles. The van der Waals surface area contributed by atoms with E-state index in [1.165, 1.54) is 0 Å². The summed E-state index contributed by atoms with van der Waals surface area (Å²) in [6.45, 7) is 5.76. The fourth-order valence-electron chi connectivity index (χ4n) is 2.03. The molecule has 0 fully saturated rings. The number of benzene rings is 2. The Labute approximate surface area is 160 Å². The van der Waals surface area contributed by atoms with Crippen LogP contribution in [0.1, 0.15) is 36.7 Å². The summed E-state index contributed by atoms with van der Waals surface area (Å²) in [4.78, 5) is 22.8. The zero-order valence-electron chi connectivity index (χ0n) is 14.3. The lowest BCUT2D eigenvalue weighted by Crippen LogP contribution is -2.27. The van der Waals surface area contributed by atoms with Crippen LogP contribution in [0, 0.1) is 3.57 Å². The minimum atomic E-state index is -0.550. The van der Waals surface area contributed by atoms with E-state index in [2.05, 4.69) is 27.9 Å². The van der Waals surface area contributed by atoms with Crippen LogP contribution in [0.15, 0.2) is 42.5 Å². The monoisotopic (exact) mass is 453 g/mol. The summed E-state index contributed by atoms with van der Waals surface area (Å²) in [5.74, 6) is 0.619. The molecule has 6 heteroatoms. The normalized spacial score (nSPS) is 10.9. The smallest absolute Gasteiger partial charge is 0.412 e. The van der Waals surface area contributed by atoms with E-state index in [4.69, 9.17) is 9.47 Å². The van der Waals surface area contributed by atoms with Gasteiger partial charge in [-0.25, -0.2) is 4.79 Å². The molecule has 0 radical (unpaired) electrons. The molecule has 2 aromatic rings. The lowest BCUT2D eigenvalue weighted by Gasteiger charge is -2.19. The maximum atomic E-state index is 11.8. The number of carbonyl (C=O) groups excluding carboxylic acids is 2. The molecule has 0 atom stereocenters. The van der Waals surface area contributed by atoms with Crippen LogP contribution in [0.3, 0.4) is 0 Å². The molecule has 0 saturated carbocycles. The van der Waals surface area contributed by atoms with Gasteiger partial charge in [-0.15, -0.1) is 0 Å². The van der Waals surface area contributed by atoms with Gasteiger partial charge in [0.2, 0.25) is 0 Å². The Morgan fingerprint density at radius 2 is 1.96 bits per heavy atom. The van der Waals surface area contributed by atoms with E-state index in [-0.39, 0.29) is 0 Å². The van der Waals surface area contributed by atoms with Crippen LogP contribution in [0.2, 0.25) is 0 Å². The highest BCUT2D eigenvalue weighted by Gasteiger charge is 2.16. The van der Waals surface area contributed by atoms with Gasteiger partial charge in [0.15, 0.2) is 6.29 Å². The summed E-state index contributed by atoms with van der Waals surface area (Å²) < 4.78 is 11.8. The molecule has 0 bridgehead atoms. The molecule has 0 saturated heterocycles. The summed E-state index contributed by atoms with van der Waals surface area (Å²) in [7, 11) is 0. The minimum absolute atomic E-state index is 0.322. The Bertz CT molecular complexity index is 768. The molecule has 1 N–H and O–H groups in total. The third-order valence-electron chi connectivity index (χ3n) is 3.07. The van der Waals surface area contributed by atoms with Crippen molar-refractivity contribution < 1.29 is 19.1 Å². The summed E-state index contributed by atoms with van der Waals surface area (Å²) in [5, 5.41) is 2.70. The molecule has 0 aliphatic carbocycles. The zero-order chi connectivity index (χ0) is 18.4. The third-order valence-corrected chi connectivity index (χ3v) is 4.05. The molecule has 0 unspecified atom stereocenters. The van der Waals surface area contributed by atoms with Gasteiger partial charge in [-0.2, -0.15) is 0 Å². The molecule has 2 aromatic carbocycles. The second-order valence-corrected chi connectivity index (χ2v) is 7.58. The largest absolute Gasteiger partial charge is 0.489 e. The van der Waals surface area contributed by atoms with Crippen LogP contribution >= 0.6 is 22.6 Å². The van der Waals surface area contributed by atoms with Gasteiger partial charge in [-0.1, -0.05) is 12.1 Å². The molecule has 1 amide bonds. The second kappa shape index (κ2) is 8.33. The maximum Gasteiger partial charge on any atom is 0.412 e. The number of hydrogen-bond donors (Lipinski definition) is 1. The highest BCUT2D eigenvalue weighted by molar-refractivity contribution is 14.1. The molecule has 132 valence electrons. The second-order valence-electron chi connectivity index (χ2n) is 6.42. The van der Waals surface area contributed by atoms with Crippen molar-refractivity contribution in [1.29, 1.82) is 0 Å². The first kappa shape index (κ1) is 19.2. The van der Waals surface area contributed by atoms with Crippen LogP contribution in [-0.2, 0) is 11.3 Å². The molecule has 25 heavy (non-hydrogen) atoms. The summed E-state index contributed by atoms with van der Waals surface area (Å²) in [5.41, 5.74) is 1.57. The first-order valence-electron chi connectivity index (χ1n) is 7.73. The van der Waals surface area contributed by atoms with Gasteiger partial charge in [0, 0.05) is 14.8 Å². The summed E-state index contributed by atoms with van der Waals surface area (Å²) in [6.07, 6.45) is 0.304. The number of nitrogens with one attached hydrogen (secondary N) is 1. The van der Waals surface area contributed by atoms with Gasteiger partial charge in [-0.05, 0) is 79.3 Å². The molecule has 0 aromatic heterocycles. The Balaban J connectivity index is 1.99. The topological polar surface area (TPSA) is 64.6 Å². The Kier molecular flexibility index (Phi) is 6.41. The number of amides is 1. The van der Waals surface area contributed by atoms with E-state index in [1.807, 2.05) is 51.1 Å². The predicted molar refractivity (Wildman–Crippen MR) is 105 cm³/mol. The van der Waals surface area contributed by atoms with Crippen molar-refractivity contribution in [1.82, 2.24) is 0 Å². The van der Waals surface area contributed by atoms with Crippen molar-refractivity contribution in [2.24, 2.45) is 0 Å². The van der Waals surface area contributed by atoms with E-state index in [0.717, 1.165) is 15.4 Å². The highest BCUT2D eigenvalue weighted by Crippen LogP contribution is 2.20. The number of carbonyl (C=O) groups is 2. The maximum absolute atomic E-state index is 11.8.